The van der Waals surface area contributed by atoms with E-state index in [0.717, 1.165) is 16.4 Å². The molecule has 0 spiro atoms. The molecule has 172 valence electrons. The highest BCUT2D eigenvalue weighted by atomic mass is 127. The predicted molar refractivity (Wildman–Crippen MR) is 125 cm³/mol. The molecule has 1 amide bonds. The molecule has 5 atom stereocenters. The second kappa shape index (κ2) is 11.1. The normalized spacial score (nSPS) is 27.5. The van der Waals surface area contributed by atoms with Gasteiger partial charge in [-0.05, 0) is 32.3 Å². The minimum Gasteiger partial charge on any atom is -0.445 e. The standard InChI is InChI=1S/C23H32INO6/c1-5-13-25(22(26)28-15-16-9-7-6-8-10-16)17(11-12-24)14-18-19-20(21(27-4)29-18)31-23(2,3)30-19/h5-10,17-21H,1,11-15H2,2-4H3/t17-,18+,19?,20-,21+/m0/s1. The zero-order valence-corrected chi connectivity index (χ0v) is 20.5. The Balaban J connectivity index is 1.70. The van der Waals surface area contributed by atoms with Gasteiger partial charge in [0.15, 0.2) is 12.1 Å². The SMILES string of the molecule is C=CCN(C(=O)OCc1ccccc1)[C@@H](CCI)C[C@H]1O[C@@H](OC)[C@H]2OC(C)(C)OC12. The van der Waals surface area contributed by atoms with E-state index < -0.39 is 12.1 Å². The molecule has 2 heterocycles. The Bertz CT molecular complexity index is 730. The van der Waals surface area contributed by atoms with Gasteiger partial charge in [-0.3, -0.25) is 0 Å². The summed E-state index contributed by atoms with van der Waals surface area (Å²) >= 11 is 2.33. The molecule has 3 rings (SSSR count). The Labute approximate surface area is 198 Å². The number of methoxy groups -OCH3 is 1. The third-order valence-electron chi connectivity index (χ3n) is 5.49. The van der Waals surface area contributed by atoms with Crippen LogP contribution in [-0.2, 0) is 30.3 Å². The lowest BCUT2D eigenvalue weighted by atomic mass is 10.0. The summed E-state index contributed by atoms with van der Waals surface area (Å²) in [5.41, 5.74) is 0.948. The van der Waals surface area contributed by atoms with Crippen LogP contribution in [0.4, 0.5) is 4.79 Å². The van der Waals surface area contributed by atoms with Gasteiger partial charge >= 0.3 is 6.09 Å². The maximum absolute atomic E-state index is 13.0. The Kier molecular flexibility index (Phi) is 8.74. The molecule has 7 nitrogen and oxygen atoms in total. The molecule has 31 heavy (non-hydrogen) atoms. The van der Waals surface area contributed by atoms with Gasteiger partial charge < -0.3 is 28.6 Å². The first-order valence-corrected chi connectivity index (χ1v) is 12.1. The molecule has 0 aliphatic carbocycles. The highest BCUT2D eigenvalue weighted by Gasteiger charge is 2.56. The van der Waals surface area contributed by atoms with Crippen molar-refractivity contribution in [2.45, 2.75) is 69.7 Å². The monoisotopic (exact) mass is 545 g/mol. The van der Waals surface area contributed by atoms with Gasteiger partial charge in [0.2, 0.25) is 0 Å². The van der Waals surface area contributed by atoms with Crippen molar-refractivity contribution in [3.63, 3.8) is 0 Å². The Morgan fingerprint density at radius 2 is 2.00 bits per heavy atom. The first-order chi connectivity index (χ1) is 14.9. The molecule has 8 heteroatoms. The zero-order chi connectivity index (χ0) is 22.4. The summed E-state index contributed by atoms with van der Waals surface area (Å²) in [5.74, 6) is -0.692. The number of carbonyl (C=O) groups excluding carboxylic acids is 1. The number of halogens is 1. The molecule has 2 aliphatic rings. The number of hydrogen-bond acceptors (Lipinski definition) is 6. The zero-order valence-electron chi connectivity index (χ0n) is 18.4. The molecule has 1 aromatic rings. The average molecular weight is 545 g/mol. The molecular weight excluding hydrogens is 513 g/mol. The van der Waals surface area contributed by atoms with E-state index in [0.29, 0.717) is 13.0 Å². The van der Waals surface area contributed by atoms with Crippen molar-refractivity contribution in [1.82, 2.24) is 4.90 Å². The summed E-state index contributed by atoms with van der Waals surface area (Å²) in [5, 5.41) is 0. The largest absolute Gasteiger partial charge is 0.445 e. The Hall–Kier alpha value is -1.20. The second-order valence-corrected chi connectivity index (χ2v) is 9.27. The lowest BCUT2D eigenvalue weighted by Crippen LogP contribution is -2.44. The van der Waals surface area contributed by atoms with Crippen molar-refractivity contribution in [2.75, 3.05) is 18.1 Å². The number of alkyl halides is 1. The van der Waals surface area contributed by atoms with Gasteiger partial charge in [0, 0.05) is 24.1 Å². The molecule has 1 aromatic carbocycles. The fraction of sp³-hybridized carbons (Fsp3) is 0.609. The van der Waals surface area contributed by atoms with Crippen LogP contribution in [0.3, 0.4) is 0 Å². The first kappa shape index (κ1) is 24.4. The van der Waals surface area contributed by atoms with Crippen LogP contribution in [0, 0.1) is 0 Å². The number of carbonyl (C=O) groups is 1. The van der Waals surface area contributed by atoms with Crippen LogP contribution in [0.1, 0.15) is 32.3 Å². The quantitative estimate of drug-likeness (QED) is 0.249. The van der Waals surface area contributed by atoms with Crippen LogP contribution in [0.5, 0.6) is 0 Å². The molecule has 1 unspecified atom stereocenters. The van der Waals surface area contributed by atoms with E-state index in [1.807, 2.05) is 44.2 Å². The van der Waals surface area contributed by atoms with Crippen molar-refractivity contribution in [3.8, 4) is 0 Å². The van der Waals surface area contributed by atoms with Crippen LogP contribution in [-0.4, -0.2) is 65.5 Å². The van der Waals surface area contributed by atoms with Crippen LogP contribution in [0.2, 0.25) is 0 Å². The topological polar surface area (TPSA) is 66.5 Å². The predicted octanol–water partition coefficient (Wildman–Crippen LogP) is 4.29. The fourth-order valence-electron chi connectivity index (χ4n) is 4.13. The number of hydrogen-bond donors (Lipinski definition) is 0. The van der Waals surface area contributed by atoms with E-state index in [9.17, 15) is 4.79 Å². The highest BCUT2D eigenvalue weighted by Crippen LogP contribution is 2.40. The van der Waals surface area contributed by atoms with Gasteiger partial charge in [0.25, 0.3) is 0 Å². The Morgan fingerprint density at radius 1 is 1.29 bits per heavy atom. The summed E-state index contributed by atoms with van der Waals surface area (Å²) in [4.78, 5) is 14.7. The van der Waals surface area contributed by atoms with E-state index in [1.165, 1.54) is 0 Å². The molecule has 2 fully saturated rings. The fourth-order valence-corrected chi connectivity index (χ4v) is 4.85. The van der Waals surface area contributed by atoms with Crippen LogP contribution in [0.25, 0.3) is 0 Å². The van der Waals surface area contributed by atoms with Crippen molar-refractivity contribution in [2.24, 2.45) is 0 Å². The molecule has 2 saturated heterocycles. The van der Waals surface area contributed by atoms with Crippen LogP contribution in [0.15, 0.2) is 43.0 Å². The maximum Gasteiger partial charge on any atom is 0.410 e. The summed E-state index contributed by atoms with van der Waals surface area (Å²) in [6.45, 7) is 8.23. The number of amides is 1. The van der Waals surface area contributed by atoms with Gasteiger partial charge in [-0.15, -0.1) is 6.58 Å². The smallest absolute Gasteiger partial charge is 0.410 e. The average Bonchev–Trinajstić information content (AvgIpc) is 3.23. The van der Waals surface area contributed by atoms with E-state index >= 15 is 0 Å². The molecule has 0 bridgehead atoms. The number of nitrogens with zero attached hydrogens (tertiary/aromatic N) is 1. The number of rotatable bonds is 10. The lowest BCUT2D eigenvalue weighted by Gasteiger charge is -2.33. The third kappa shape index (κ3) is 6.19. The molecule has 0 N–H and O–H groups in total. The van der Waals surface area contributed by atoms with Crippen LogP contribution >= 0.6 is 22.6 Å². The third-order valence-corrected chi connectivity index (χ3v) is 6.12. The van der Waals surface area contributed by atoms with Crippen molar-refractivity contribution >= 4 is 28.7 Å². The molecule has 2 aliphatic heterocycles. The number of benzene rings is 1. The van der Waals surface area contributed by atoms with E-state index in [-0.39, 0.29) is 37.1 Å². The van der Waals surface area contributed by atoms with Crippen molar-refractivity contribution < 1.29 is 28.5 Å². The second-order valence-electron chi connectivity index (χ2n) is 8.19. The van der Waals surface area contributed by atoms with E-state index in [2.05, 4.69) is 29.2 Å². The number of fused-ring (bicyclic) bond motifs is 1. The lowest BCUT2D eigenvalue weighted by molar-refractivity contribution is -0.228. The molecular formula is C23H32INO6. The van der Waals surface area contributed by atoms with Gasteiger partial charge in [0.1, 0.15) is 18.8 Å². The van der Waals surface area contributed by atoms with Crippen molar-refractivity contribution in [1.29, 1.82) is 0 Å². The molecule has 0 saturated carbocycles. The molecule has 0 aromatic heterocycles. The Morgan fingerprint density at radius 3 is 2.65 bits per heavy atom. The summed E-state index contributed by atoms with van der Waals surface area (Å²) in [7, 11) is 1.60. The van der Waals surface area contributed by atoms with E-state index in [4.69, 9.17) is 23.7 Å². The van der Waals surface area contributed by atoms with E-state index in [1.54, 1.807) is 18.1 Å². The van der Waals surface area contributed by atoms with Gasteiger partial charge in [-0.25, -0.2) is 4.79 Å². The summed E-state index contributed by atoms with van der Waals surface area (Å²) in [6, 6.07) is 9.56. The minimum absolute atomic E-state index is 0.0910. The van der Waals surface area contributed by atoms with Gasteiger partial charge in [-0.1, -0.05) is 59.0 Å². The maximum atomic E-state index is 13.0. The molecule has 0 radical (unpaired) electrons. The first-order valence-electron chi connectivity index (χ1n) is 10.6. The van der Waals surface area contributed by atoms with Crippen LogP contribution < -0.4 is 0 Å². The highest BCUT2D eigenvalue weighted by molar-refractivity contribution is 14.1. The van der Waals surface area contributed by atoms with Crippen molar-refractivity contribution in [3.05, 3.63) is 48.6 Å². The number of ether oxygens (including phenoxy) is 5. The summed E-state index contributed by atoms with van der Waals surface area (Å²) in [6.07, 6.45) is 1.48. The van der Waals surface area contributed by atoms with Gasteiger partial charge in [-0.2, -0.15) is 0 Å². The summed E-state index contributed by atoms with van der Waals surface area (Å²) < 4.78 is 30.2. The van der Waals surface area contributed by atoms with Gasteiger partial charge in [0.05, 0.1) is 6.10 Å². The minimum atomic E-state index is -0.692.